The molecule has 0 bridgehead atoms. The van der Waals surface area contributed by atoms with Crippen LogP contribution in [0.2, 0.25) is 0 Å². The minimum Gasteiger partial charge on any atom is -0.393 e. The van der Waals surface area contributed by atoms with Gasteiger partial charge < -0.3 is 14.5 Å². The number of hydrogen-bond donors (Lipinski definition) is 1. The molecule has 3 heterocycles. The van der Waals surface area contributed by atoms with Crippen molar-refractivity contribution < 1.29 is 9.63 Å². The van der Waals surface area contributed by atoms with Crippen molar-refractivity contribution in [3.63, 3.8) is 0 Å². The number of nitrogens with zero attached hydrogens (tertiary/aromatic N) is 4. The highest BCUT2D eigenvalue weighted by molar-refractivity contribution is 5.54. The zero-order valence-electron chi connectivity index (χ0n) is 12.2. The van der Waals surface area contributed by atoms with E-state index in [1.165, 1.54) is 0 Å². The fourth-order valence-electron chi connectivity index (χ4n) is 2.49. The van der Waals surface area contributed by atoms with E-state index in [4.69, 9.17) is 4.52 Å². The van der Waals surface area contributed by atoms with E-state index in [1.54, 1.807) is 6.20 Å². The molecule has 0 saturated carbocycles. The van der Waals surface area contributed by atoms with Crippen molar-refractivity contribution in [2.45, 2.75) is 38.7 Å². The lowest BCUT2D eigenvalue weighted by atomic mass is 10.1. The Kier molecular flexibility index (Phi) is 4.15. The normalized spacial score (nSPS) is 16.4. The minimum atomic E-state index is -0.170. The van der Waals surface area contributed by atoms with Crippen LogP contribution in [-0.4, -0.2) is 39.4 Å². The van der Waals surface area contributed by atoms with Crippen LogP contribution < -0.4 is 4.90 Å². The number of rotatable bonds is 4. The van der Waals surface area contributed by atoms with Crippen molar-refractivity contribution in [2.24, 2.45) is 0 Å². The average Bonchev–Trinajstić information content (AvgIpc) is 2.97. The lowest BCUT2D eigenvalue weighted by Crippen LogP contribution is -2.36. The van der Waals surface area contributed by atoms with Crippen LogP contribution in [0.3, 0.4) is 0 Å². The van der Waals surface area contributed by atoms with Crippen LogP contribution in [0.15, 0.2) is 22.9 Å². The molecule has 1 aliphatic rings. The van der Waals surface area contributed by atoms with Gasteiger partial charge in [-0.3, -0.25) is 0 Å². The maximum atomic E-state index is 9.54. The molecule has 0 spiro atoms. The van der Waals surface area contributed by atoms with Gasteiger partial charge in [0.25, 0.3) is 5.89 Å². The largest absolute Gasteiger partial charge is 0.393 e. The summed E-state index contributed by atoms with van der Waals surface area (Å²) in [4.78, 5) is 11.0. The molecule has 0 atom stereocenters. The third kappa shape index (κ3) is 3.21. The van der Waals surface area contributed by atoms with Crippen LogP contribution in [0, 0.1) is 0 Å². The number of aliphatic hydroxyl groups is 1. The van der Waals surface area contributed by atoms with E-state index in [-0.39, 0.29) is 6.10 Å². The van der Waals surface area contributed by atoms with E-state index in [2.05, 4.69) is 26.9 Å². The summed E-state index contributed by atoms with van der Waals surface area (Å²) < 4.78 is 5.25. The number of aliphatic hydroxyl groups excluding tert-OH is 1. The van der Waals surface area contributed by atoms with Crippen LogP contribution in [0.4, 0.5) is 5.82 Å². The number of aromatic nitrogens is 3. The van der Waals surface area contributed by atoms with Gasteiger partial charge in [0.05, 0.1) is 11.7 Å². The van der Waals surface area contributed by atoms with Crippen LogP contribution in [-0.2, 0) is 6.42 Å². The van der Waals surface area contributed by atoms with E-state index in [0.29, 0.717) is 5.89 Å². The molecule has 6 nitrogen and oxygen atoms in total. The van der Waals surface area contributed by atoms with Gasteiger partial charge in [-0.25, -0.2) is 4.98 Å². The standard InChI is InChI=1S/C15H20N4O2/c1-2-3-13-17-15(21-18-13)11-4-5-14(16-10-11)19-8-6-12(20)7-9-19/h4-5,10,12,20H,2-3,6-9H2,1H3. The van der Waals surface area contributed by atoms with E-state index >= 15 is 0 Å². The van der Waals surface area contributed by atoms with E-state index in [0.717, 1.165) is 56.0 Å². The fraction of sp³-hybridized carbons (Fsp3) is 0.533. The van der Waals surface area contributed by atoms with E-state index < -0.39 is 0 Å². The van der Waals surface area contributed by atoms with Gasteiger partial charge in [0.15, 0.2) is 5.82 Å². The Labute approximate surface area is 123 Å². The first-order chi connectivity index (χ1) is 10.3. The molecule has 0 radical (unpaired) electrons. The fourth-order valence-corrected chi connectivity index (χ4v) is 2.49. The Balaban J connectivity index is 1.71. The number of hydrogen-bond acceptors (Lipinski definition) is 6. The Bertz CT molecular complexity index is 574. The molecule has 2 aromatic rings. The van der Waals surface area contributed by atoms with Gasteiger partial charge >= 0.3 is 0 Å². The molecule has 0 aromatic carbocycles. The highest BCUT2D eigenvalue weighted by atomic mass is 16.5. The van der Waals surface area contributed by atoms with E-state index in [1.807, 2.05) is 12.1 Å². The third-order valence-electron chi connectivity index (χ3n) is 3.72. The SMILES string of the molecule is CCCc1noc(-c2ccc(N3CCC(O)CC3)nc2)n1. The summed E-state index contributed by atoms with van der Waals surface area (Å²) in [6.07, 6.45) is 5.02. The smallest absolute Gasteiger partial charge is 0.259 e. The Morgan fingerprint density at radius 1 is 1.33 bits per heavy atom. The predicted molar refractivity (Wildman–Crippen MR) is 79.0 cm³/mol. The minimum absolute atomic E-state index is 0.170. The molecule has 21 heavy (non-hydrogen) atoms. The van der Waals surface area contributed by atoms with Crippen LogP contribution in [0.5, 0.6) is 0 Å². The van der Waals surface area contributed by atoms with Gasteiger partial charge in [0.2, 0.25) is 0 Å². The summed E-state index contributed by atoms with van der Waals surface area (Å²) in [5.74, 6) is 2.19. The van der Waals surface area contributed by atoms with Crippen LogP contribution in [0.25, 0.3) is 11.5 Å². The number of pyridine rings is 1. The van der Waals surface area contributed by atoms with Gasteiger partial charge in [-0.15, -0.1) is 0 Å². The first-order valence-corrected chi connectivity index (χ1v) is 7.48. The van der Waals surface area contributed by atoms with Gasteiger partial charge in [-0.1, -0.05) is 12.1 Å². The number of anilines is 1. The monoisotopic (exact) mass is 288 g/mol. The lowest BCUT2D eigenvalue weighted by molar-refractivity contribution is 0.145. The summed E-state index contributed by atoms with van der Waals surface area (Å²) in [5, 5.41) is 13.5. The number of aryl methyl sites for hydroxylation is 1. The van der Waals surface area contributed by atoms with Crippen molar-refractivity contribution in [1.82, 2.24) is 15.1 Å². The highest BCUT2D eigenvalue weighted by Crippen LogP contribution is 2.22. The van der Waals surface area contributed by atoms with Crippen molar-refractivity contribution in [1.29, 1.82) is 0 Å². The van der Waals surface area contributed by atoms with Crippen LogP contribution >= 0.6 is 0 Å². The number of piperidine rings is 1. The zero-order chi connectivity index (χ0) is 14.7. The molecule has 2 aromatic heterocycles. The molecule has 3 rings (SSSR count). The van der Waals surface area contributed by atoms with Crippen molar-refractivity contribution in [2.75, 3.05) is 18.0 Å². The molecule has 1 fully saturated rings. The molecular formula is C15H20N4O2. The topological polar surface area (TPSA) is 75.3 Å². The molecule has 0 aliphatic carbocycles. The van der Waals surface area contributed by atoms with Gasteiger partial charge in [0, 0.05) is 25.7 Å². The van der Waals surface area contributed by atoms with Gasteiger partial charge in [0.1, 0.15) is 5.82 Å². The molecule has 112 valence electrons. The summed E-state index contributed by atoms with van der Waals surface area (Å²) in [5.41, 5.74) is 0.839. The van der Waals surface area contributed by atoms with E-state index in [9.17, 15) is 5.11 Å². The quantitative estimate of drug-likeness (QED) is 0.928. The summed E-state index contributed by atoms with van der Waals surface area (Å²) >= 11 is 0. The first kappa shape index (κ1) is 14.0. The second-order valence-corrected chi connectivity index (χ2v) is 5.39. The summed E-state index contributed by atoms with van der Waals surface area (Å²) in [6, 6.07) is 3.92. The Morgan fingerprint density at radius 2 is 2.14 bits per heavy atom. The van der Waals surface area contributed by atoms with Crippen molar-refractivity contribution in [3.8, 4) is 11.5 Å². The maximum absolute atomic E-state index is 9.54. The Hall–Kier alpha value is -1.95. The molecule has 1 saturated heterocycles. The van der Waals surface area contributed by atoms with Crippen molar-refractivity contribution >= 4 is 5.82 Å². The summed E-state index contributed by atoms with van der Waals surface area (Å²) in [6.45, 7) is 3.77. The summed E-state index contributed by atoms with van der Waals surface area (Å²) in [7, 11) is 0. The highest BCUT2D eigenvalue weighted by Gasteiger charge is 2.18. The Morgan fingerprint density at radius 3 is 2.81 bits per heavy atom. The molecule has 0 unspecified atom stereocenters. The maximum Gasteiger partial charge on any atom is 0.259 e. The zero-order valence-corrected chi connectivity index (χ0v) is 12.2. The average molecular weight is 288 g/mol. The van der Waals surface area contributed by atoms with Crippen molar-refractivity contribution in [3.05, 3.63) is 24.2 Å². The molecule has 1 aliphatic heterocycles. The molecule has 6 heteroatoms. The molecular weight excluding hydrogens is 268 g/mol. The second kappa shape index (κ2) is 6.22. The third-order valence-corrected chi connectivity index (χ3v) is 3.72. The lowest BCUT2D eigenvalue weighted by Gasteiger charge is -2.30. The molecule has 1 N–H and O–H groups in total. The predicted octanol–water partition coefficient (Wildman–Crippen LogP) is 2.05. The second-order valence-electron chi connectivity index (χ2n) is 5.39. The molecule has 0 amide bonds. The van der Waals surface area contributed by atoms with Gasteiger partial charge in [-0.2, -0.15) is 4.98 Å². The van der Waals surface area contributed by atoms with Crippen LogP contribution in [0.1, 0.15) is 32.0 Å². The first-order valence-electron chi connectivity index (χ1n) is 7.48. The van der Waals surface area contributed by atoms with Gasteiger partial charge in [-0.05, 0) is 31.4 Å².